The molecule has 1 unspecified atom stereocenters. The molecule has 1 spiro atoms. The van der Waals surface area contributed by atoms with E-state index >= 15 is 0 Å². The van der Waals surface area contributed by atoms with Crippen LogP contribution in [0.4, 0.5) is 0 Å². The SMILES string of the molecule is CC1=CC=C(c2cccc3c2Sc2ccccc2C32c3ccccc3-c3c(-c4ccc(-c5nc(-c6ccccc6)cc(-c6ccccc6)n5)cc4)cccc32)CC1. The van der Waals surface area contributed by atoms with E-state index in [-0.39, 0.29) is 0 Å². The number of aromatic nitrogens is 2. The molecule has 3 aliphatic rings. The maximum Gasteiger partial charge on any atom is 0.160 e. The molecule has 0 radical (unpaired) electrons. The van der Waals surface area contributed by atoms with E-state index in [9.17, 15) is 0 Å². The number of nitrogens with zero attached hydrogens (tertiary/aromatic N) is 2. The summed E-state index contributed by atoms with van der Waals surface area (Å²) in [7, 11) is 0. The molecule has 7 aromatic carbocycles. The van der Waals surface area contributed by atoms with Crippen molar-refractivity contribution in [3.63, 3.8) is 0 Å². The Labute approximate surface area is 338 Å². The molecular weight excluding hydrogens is 709 g/mol. The molecular formula is C54H38N2S. The third-order valence-electron chi connectivity index (χ3n) is 12.0. The van der Waals surface area contributed by atoms with Crippen LogP contribution in [0.1, 0.15) is 47.6 Å². The van der Waals surface area contributed by atoms with Crippen LogP contribution in [0.15, 0.2) is 203 Å². The fourth-order valence-electron chi connectivity index (χ4n) is 9.32. The number of hydrogen-bond acceptors (Lipinski definition) is 3. The Bertz CT molecular complexity index is 2870. The summed E-state index contributed by atoms with van der Waals surface area (Å²) in [6.07, 6.45) is 6.83. The topological polar surface area (TPSA) is 25.8 Å². The number of rotatable bonds is 5. The summed E-state index contributed by atoms with van der Waals surface area (Å²) in [5.41, 5.74) is 19.2. The number of benzene rings is 7. The summed E-state index contributed by atoms with van der Waals surface area (Å²) in [5, 5.41) is 0. The van der Waals surface area contributed by atoms with Crippen LogP contribution in [-0.4, -0.2) is 9.97 Å². The largest absolute Gasteiger partial charge is 0.228 e. The molecule has 11 rings (SSSR count). The Morgan fingerprint density at radius 1 is 0.456 bits per heavy atom. The van der Waals surface area contributed by atoms with Gasteiger partial charge in [0.2, 0.25) is 0 Å². The summed E-state index contributed by atoms with van der Waals surface area (Å²) in [5.74, 6) is 0.715. The first-order valence-corrected chi connectivity index (χ1v) is 20.6. The molecule has 2 aliphatic carbocycles. The Morgan fingerprint density at radius 3 is 1.74 bits per heavy atom. The van der Waals surface area contributed by atoms with Crippen LogP contribution in [0.25, 0.3) is 61.7 Å². The minimum absolute atomic E-state index is 0.449. The lowest BCUT2D eigenvalue weighted by atomic mass is 9.66. The minimum Gasteiger partial charge on any atom is -0.228 e. The van der Waals surface area contributed by atoms with Crippen molar-refractivity contribution in [2.24, 2.45) is 0 Å². The minimum atomic E-state index is -0.449. The van der Waals surface area contributed by atoms with E-state index in [0.717, 1.165) is 40.9 Å². The van der Waals surface area contributed by atoms with E-state index in [1.165, 1.54) is 71.0 Å². The summed E-state index contributed by atoms with van der Waals surface area (Å²) < 4.78 is 0. The molecule has 1 aromatic heterocycles. The molecule has 57 heavy (non-hydrogen) atoms. The predicted molar refractivity (Wildman–Crippen MR) is 236 cm³/mol. The molecule has 0 bridgehead atoms. The van der Waals surface area contributed by atoms with Crippen LogP contribution in [-0.2, 0) is 5.41 Å². The third-order valence-corrected chi connectivity index (χ3v) is 13.2. The van der Waals surface area contributed by atoms with E-state index in [2.05, 4.69) is 183 Å². The molecule has 1 aliphatic heterocycles. The molecule has 0 fully saturated rings. The molecule has 2 nitrogen and oxygen atoms in total. The molecule has 8 aromatic rings. The van der Waals surface area contributed by atoms with Crippen LogP contribution in [0.3, 0.4) is 0 Å². The van der Waals surface area contributed by atoms with Gasteiger partial charge in [0.1, 0.15) is 0 Å². The molecule has 0 amide bonds. The normalized spacial score (nSPS) is 16.2. The Balaban J connectivity index is 1.08. The van der Waals surface area contributed by atoms with E-state index in [4.69, 9.17) is 9.97 Å². The van der Waals surface area contributed by atoms with Crippen molar-refractivity contribution in [2.75, 3.05) is 0 Å². The van der Waals surface area contributed by atoms with Crippen molar-refractivity contribution in [3.8, 4) is 56.2 Å². The van der Waals surface area contributed by atoms with Gasteiger partial charge in [0.25, 0.3) is 0 Å². The Kier molecular flexibility index (Phi) is 8.04. The maximum atomic E-state index is 5.11. The van der Waals surface area contributed by atoms with Gasteiger partial charge in [0, 0.05) is 26.5 Å². The van der Waals surface area contributed by atoms with Crippen molar-refractivity contribution in [1.82, 2.24) is 9.97 Å². The average molecular weight is 747 g/mol. The van der Waals surface area contributed by atoms with E-state index in [1.807, 2.05) is 23.9 Å². The van der Waals surface area contributed by atoms with Gasteiger partial charge >= 0.3 is 0 Å². The van der Waals surface area contributed by atoms with Crippen LogP contribution < -0.4 is 0 Å². The predicted octanol–water partition coefficient (Wildman–Crippen LogP) is 14.1. The van der Waals surface area contributed by atoms with Gasteiger partial charge in [-0.1, -0.05) is 193 Å². The van der Waals surface area contributed by atoms with Gasteiger partial charge in [-0.15, -0.1) is 0 Å². The maximum absolute atomic E-state index is 5.11. The molecule has 0 saturated carbocycles. The Morgan fingerprint density at radius 2 is 1.04 bits per heavy atom. The fraction of sp³-hybridized carbons (Fsp3) is 0.0741. The fourth-order valence-corrected chi connectivity index (χ4v) is 10.7. The van der Waals surface area contributed by atoms with Crippen molar-refractivity contribution in [2.45, 2.75) is 35.0 Å². The van der Waals surface area contributed by atoms with Gasteiger partial charge in [0.15, 0.2) is 5.82 Å². The number of fused-ring (bicyclic) bond motifs is 9. The highest BCUT2D eigenvalue weighted by molar-refractivity contribution is 7.99. The van der Waals surface area contributed by atoms with Crippen molar-refractivity contribution >= 4 is 17.3 Å². The van der Waals surface area contributed by atoms with E-state index in [0.29, 0.717) is 5.82 Å². The summed E-state index contributed by atoms with van der Waals surface area (Å²) in [4.78, 5) is 12.9. The Hall–Kier alpha value is -6.55. The highest BCUT2D eigenvalue weighted by Gasteiger charge is 2.51. The van der Waals surface area contributed by atoms with Gasteiger partial charge in [0.05, 0.1) is 16.8 Å². The summed E-state index contributed by atoms with van der Waals surface area (Å²) >= 11 is 1.94. The molecule has 0 N–H and O–H groups in total. The lowest BCUT2D eigenvalue weighted by Crippen LogP contribution is -2.32. The van der Waals surface area contributed by atoms with Crippen LogP contribution >= 0.6 is 11.8 Å². The molecule has 270 valence electrons. The molecule has 2 heterocycles. The highest BCUT2D eigenvalue weighted by atomic mass is 32.2. The standard InChI is InChI=1S/C54H38N2S/c1-35-26-28-37(29-27-35)42-20-13-24-47-52(42)57-50-25-11-10-22-45(50)54(47)44-21-9-8-18-43(44)51-41(19-12-23-46(51)54)36-30-32-40(33-31-36)53-55-48(38-14-4-2-5-15-38)34-49(56-53)39-16-6-3-7-17-39/h2-26,28,30-34H,27,29H2,1H3. The lowest BCUT2D eigenvalue weighted by molar-refractivity contribution is 0.721. The lowest BCUT2D eigenvalue weighted by Gasteiger charge is -2.40. The van der Waals surface area contributed by atoms with Gasteiger partial charge in [-0.2, -0.15) is 0 Å². The quantitative estimate of drug-likeness (QED) is 0.175. The zero-order valence-corrected chi connectivity index (χ0v) is 32.4. The zero-order chi connectivity index (χ0) is 37.9. The molecule has 3 heteroatoms. The first kappa shape index (κ1) is 33.8. The monoisotopic (exact) mass is 746 g/mol. The highest BCUT2D eigenvalue weighted by Crippen LogP contribution is 2.64. The third kappa shape index (κ3) is 5.41. The summed E-state index contributed by atoms with van der Waals surface area (Å²) in [6, 6.07) is 63.9. The zero-order valence-electron chi connectivity index (χ0n) is 31.6. The second-order valence-electron chi connectivity index (χ2n) is 15.3. The smallest absolute Gasteiger partial charge is 0.160 e. The second kappa shape index (κ2) is 13.6. The van der Waals surface area contributed by atoms with Gasteiger partial charge in [-0.3, -0.25) is 0 Å². The van der Waals surface area contributed by atoms with Gasteiger partial charge in [-0.25, -0.2) is 9.97 Å². The van der Waals surface area contributed by atoms with Crippen molar-refractivity contribution in [1.29, 1.82) is 0 Å². The van der Waals surface area contributed by atoms with Crippen molar-refractivity contribution < 1.29 is 0 Å². The van der Waals surface area contributed by atoms with E-state index in [1.54, 1.807) is 0 Å². The molecule has 0 saturated heterocycles. The van der Waals surface area contributed by atoms with E-state index < -0.39 is 5.41 Å². The van der Waals surface area contributed by atoms with Gasteiger partial charge in [-0.05, 0) is 87.5 Å². The first-order valence-electron chi connectivity index (χ1n) is 19.8. The average Bonchev–Trinajstić information content (AvgIpc) is 3.58. The molecule has 1 atom stereocenters. The van der Waals surface area contributed by atoms with Crippen molar-refractivity contribution in [3.05, 3.63) is 221 Å². The summed E-state index contributed by atoms with van der Waals surface area (Å²) in [6.45, 7) is 2.24. The first-order chi connectivity index (χ1) is 28.2. The number of hydrogen-bond donors (Lipinski definition) is 0. The number of allylic oxidation sites excluding steroid dienone is 4. The van der Waals surface area contributed by atoms with Crippen LogP contribution in [0, 0.1) is 0 Å². The van der Waals surface area contributed by atoms with Crippen LogP contribution in [0.2, 0.25) is 0 Å². The van der Waals surface area contributed by atoms with Crippen LogP contribution in [0.5, 0.6) is 0 Å². The second-order valence-corrected chi connectivity index (χ2v) is 16.3. The van der Waals surface area contributed by atoms with Gasteiger partial charge < -0.3 is 0 Å².